The van der Waals surface area contributed by atoms with Crippen molar-refractivity contribution in [3.05, 3.63) is 64.7 Å². The number of carbonyl (C=O) groups excluding carboxylic acids is 2. The van der Waals surface area contributed by atoms with Crippen LogP contribution < -0.4 is 10.1 Å². The number of aldehydes is 1. The third-order valence-electron chi connectivity index (χ3n) is 3.80. The number of aliphatic carboxylic acids is 1. The van der Waals surface area contributed by atoms with E-state index in [0.29, 0.717) is 11.3 Å². The van der Waals surface area contributed by atoms with Gasteiger partial charge in [0.05, 0.1) is 12.2 Å². The molecule has 7 heteroatoms. The molecule has 0 unspecified atom stereocenters. The zero-order valence-corrected chi connectivity index (χ0v) is 14.1. The summed E-state index contributed by atoms with van der Waals surface area (Å²) in [5.41, 5.74) is 2.35. The first-order valence-electron chi connectivity index (χ1n) is 7.87. The Morgan fingerprint density at radius 1 is 1.19 bits per heavy atom. The molecule has 26 heavy (non-hydrogen) atoms. The molecule has 0 radical (unpaired) electrons. The third kappa shape index (κ3) is 4.67. The van der Waals surface area contributed by atoms with Gasteiger partial charge in [-0.3, -0.25) is 9.59 Å². The summed E-state index contributed by atoms with van der Waals surface area (Å²) >= 11 is 0. The van der Waals surface area contributed by atoms with Gasteiger partial charge in [0.15, 0.2) is 12.3 Å². The van der Waals surface area contributed by atoms with E-state index in [9.17, 15) is 14.4 Å². The maximum Gasteiger partial charge on any atom is 0.328 e. The van der Waals surface area contributed by atoms with Gasteiger partial charge >= 0.3 is 5.97 Å². The molecule has 1 amide bonds. The lowest BCUT2D eigenvalue weighted by atomic mass is 10.1. The highest BCUT2D eigenvalue weighted by atomic mass is 16.5. The Morgan fingerprint density at radius 3 is 2.46 bits per heavy atom. The van der Waals surface area contributed by atoms with Crippen LogP contribution in [-0.2, 0) is 11.4 Å². The average molecular weight is 357 g/mol. The number of hydrogen-bond acceptors (Lipinski definition) is 5. The van der Waals surface area contributed by atoms with Gasteiger partial charge in [0.2, 0.25) is 0 Å². The van der Waals surface area contributed by atoms with Gasteiger partial charge in [0.1, 0.15) is 12.4 Å². The lowest BCUT2D eigenvalue weighted by Crippen LogP contribution is -2.43. The Kier molecular flexibility index (Phi) is 6.46. The lowest BCUT2D eigenvalue weighted by Gasteiger charge is -2.12. The largest absolute Gasteiger partial charge is 0.488 e. The zero-order valence-electron chi connectivity index (χ0n) is 14.1. The number of aryl methyl sites for hydroxylation is 1. The van der Waals surface area contributed by atoms with E-state index in [0.717, 1.165) is 17.4 Å². The minimum Gasteiger partial charge on any atom is -0.488 e. The molecule has 0 spiro atoms. The molecule has 136 valence electrons. The molecule has 0 aromatic heterocycles. The second-order valence-electron chi connectivity index (χ2n) is 5.64. The maximum absolute atomic E-state index is 12.0. The molecule has 1 atom stereocenters. The van der Waals surface area contributed by atoms with E-state index in [1.807, 2.05) is 13.0 Å². The van der Waals surface area contributed by atoms with E-state index >= 15 is 0 Å². The predicted molar refractivity (Wildman–Crippen MR) is 93.3 cm³/mol. The molecule has 0 heterocycles. The highest BCUT2D eigenvalue weighted by Gasteiger charge is 2.19. The molecule has 2 aromatic carbocycles. The summed E-state index contributed by atoms with van der Waals surface area (Å²) in [6, 6.07) is 10.4. The fraction of sp³-hybridized carbons (Fsp3) is 0.211. The summed E-state index contributed by atoms with van der Waals surface area (Å²) in [4.78, 5) is 34.0. The number of hydrogen-bond donors (Lipinski definition) is 3. The van der Waals surface area contributed by atoms with Crippen molar-refractivity contribution in [3.8, 4) is 5.75 Å². The molecule has 0 aliphatic carbocycles. The van der Waals surface area contributed by atoms with E-state index in [1.165, 1.54) is 12.1 Å². The van der Waals surface area contributed by atoms with E-state index in [-0.39, 0.29) is 12.2 Å². The van der Waals surface area contributed by atoms with E-state index in [1.54, 1.807) is 24.3 Å². The molecule has 2 aromatic rings. The summed E-state index contributed by atoms with van der Waals surface area (Å²) in [6.07, 6.45) is 0.748. The number of aliphatic hydroxyl groups is 1. The highest BCUT2D eigenvalue weighted by Crippen LogP contribution is 2.21. The summed E-state index contributed by atoms with van der Waals surface area (Å²) in [5.74, 6) is -1.43. The molecule has 0 bridgehead atoms. The number of benzene rings is 2. The molecule has 0 aliphatic heterocycles. The molecule has 0 saturated heterocycles. The maximum atomic E-state index is 12.0. The van der Waals surface area contributed by atoms with Crippen LogP contribution in [0.4, 0.5) is 0 Å². The second kappa shape index (κ2) is 8.77. The number of nitrogens with one attached hydrogen (secondary N) is 1. The van der Waals surface area contributed by atoms with Crippen molar-refractivity contribution >= 4 is 18.2 Å². The molecular weight excluding hydrogens is 338 g/mol. The van der Waals surface area contributed by atoms with Crippen molar-refractivity contribution in [1.82, 2.24) is 5.32 Å². The van der Waals surface area contributed by atoms with Gasteiger partial charge < -0.3 is 20.3 Å². The van der Waals surface area contributed by atoms with Crippen LogP contribution in [0.1, 0.15) is 31.8 Å². The Labute approximate surface area is 150 Å². The van der Waals surface area contributed by atoms with E-state index < -0.39 is 24.5 Å². The van der Waals surface area contributed by atoms with Gasteiger partial charge in [-0.1, -0.05) is 24.3 Å². The Balaban J connectivity index is 2.02. The first-order chi connectivity index (χ1) is 12.5. The van der Waals surface area contributed by atoms with Crippen molar-refractivity contribution < 1.29 is 29.3 Å². The molecule has 2 rings (SSSR count). The lowest BCUT2D eigenvalue weighted by molar-refractivity contribution is -0.140. The van der Waals surface area contributed by atoms with Crippen LogP contribution in [-0.4, -0.2) is 41.0 Å². The van der Waals surface area contributed by atoms with E-state index in [2.05, 4.69) is 5.32 Å². The van der Waals surface area contributed by atoms with E-state index in [4.69, 9.17) is 14.9 Å². The van der Waals surface area contributed by atoms with Crippen LogP contribution >= 0.6 is 0 Å². The van der Waals surface area contributed by atoms with Crippen LogP contribution in [0.25, 0.3) is 0 Å². The number of carboxylic acid groups (broad SMARTS) is 1. The normalized spacial score (nSPS) is 11.5. The van der Waals surface area contributed by atoms with Crippen LogP contribution in [0.3, 0.4) is 0 Å². The molecule has 7 nitrogen and oxygen atoms in total. The Hall–Kier alpha value is -3.19. The number of amides is 1. The number of carbonyl (C=O) groups is 3. The quantitative estimate of drug-likeness (QED) is 0.618. The minimum absolute atomic E-state index is 0.209. The monoisotopic (exact) mass is 357 g/mol. The fourth-order valence-corrected chi connectivity index (χ4v) is 2.27. The number of ether oxygens (including phenoxy) is 1. The predicted octanol–water partition coefficient (Wildman–Crippen LogP) is 1.56. The van der Waals surface area contributed by atoms with Crippen LogP contribution in [0.15, 0.2) is 42.5 Å². The highest BCUT2D eigenvalue weighted by molar-refractivity contribution is 5.96. The van der Waals surface area contributed by atoms with Crippen LogP contribution in [0, 0.1) is 6.92 Å². The number of aliphatic hydroxyl groups excluding tert-OH is 1. The Bertz CT molecular complexity index is 800. The topological polar surface area (TPSA) is 113 Å². The average Bonchev–Trinajstić information content (AvgIpc) is 2.64. The zero-order chi connectivity index (χ0) is 19.1. The molecule has 0 fully saturated rings. The van der Waals surface area contributed by atoms with Crippen molar-refractivity contribution in [3.63, 3.8) is 0 Å². The van der Waals surface area contributed by atoms with Crippen LogP contribution in [0.2, 0.25) is 0 Å². The van der Waals surface area contributed by atoms with Crippen molar-refractivity contribution in [2.24, 2.45) is 0 Å². The summed E-state index contributed by atoms with van der Waals surface area (Å²) < 4.78 is 5.67. The van der Waals surface area contributed by atoms with Gasteiger partial charge in [0.25, 0.3) is 5.91 Å². The van der Waals surface area contributed by atoms with Gasteiger partial charge in [-0.2, -0.15) is 0 Å². The smallest absolute Gasteiger partial charge is 0.328 e. The first-order valence-corrected chi connectivity index (χ1v) is 7.87. The van der Waals surface area contributed by atoms with Crippen molar-refractivity contribution in [2.45, 2.75) is 19.6 Å². The SMILES string of the molecule is Cc1cccc(OCc2ccc(C(=O)N[C@@H](CO)C(=O)O)cc2)c1C=O. The van der Waals surface area contributed by atoms with Gasteiger partial charge in [-0.05, 0) is 36.2 Å². The minimum atomic E-state index is -1.35. The molecule has 0 aliphatic rings. The molecule has 0 saturated carbocycles. The third-order valence-corrected chi connectivity index (χ3v) is 3.80. The summed E-state index contributed by atoms with van der Waals surface area (Å²) in [7, 11) is 0. The standard InChI is InChI=1S/C19H19NO6/c1-12-3-2-4-17(15(12)9-21)26-11-13-5-7-14(8-6-13)18(23)20-16(10-22)19(24)25/h2-9,16,22H,10-11H2,1H3,(H,20,23)(H,24,25)/t16-/m0/s1. The second-order valence-corrected chi connectivity index (χ2v) is 5.64. The first kappa shape index (κ1) is 19.1. The van der Waals surface area contributed by atoms with Gasteiger partial charge in [-0.25, -0.2) is 4.79 Å². The molecule has 3 N–H and O–H groups in total. The summed E-state index contributed by atoms with van der Waals surface area (Å²) in [5, 5.41) is 20.0. The fourth-order valence-electron chi connectivity index (χ4n) is 2.27. The molecular formula is C19H19NO6. The summed E-state index contributed by atoms with van der Waals surface area (Å²) in [6.45, 7) is 1.34. The number of rotatable bonds is 8. The number of carboxylic acids is 1. The van der Waals surface area contributed by atoms with Gasteiger partial charge in [-0.15, -0.1) is 0 Å². The van der Waals surface area contributed by atoms with Crippen LogP contribution in [0.5, 0.6) is 5.75 Å². The van der Waals surface area contributed by atoms with Crippen molar-refractivity contribution in [1.29, 1.82) is 0 Å². The van der Waals surface area contributed by atoms with Crippen molar-refractivity contribution in [2.75, 3.05) is 6.61 Å². The van der Waals surface area contributed by atoms with Gasteiger partial charge in [0, 0.05) is 5.56 Å². The Morgan fingerprint density at radius 2 is 1.88 bits per heavy atom.